The summed E-state index contributed by atoms with van der Waals surface area (Å²) in [6.45, 7) is 4.23. The quantitative estimate of drug-likeness (QED) is 0.681. The average molecular weight is 297 g/mol. The molecule has 5 heteroatoms. The van der Waals surface area contributed by atoms with Gasteiger partial charge in [-0.25, -0.2) is 4.98 Å². The molecule has 1 aromatic rings. The Bertz CT molecular complexity index is 479. The molecule has 0 aliphatic heterocycles. The summed E-state index contributed by atoms with van der Waals surface area (Å²) in [6.07, 6.45) is 3.86. The molecule has 0 bridgehead atoms. The number of anilines is 1. The van der Waals surface area contributed by atoms with Gasteiger partial charge < -0.3 is 10.1 Å². The van der Waals surface area contributed by atoms with Crippen LogP contribution >= 0.6 is 11.6 Å². The number of esters is 1. The van der Waals surface area contributed by atoms with Crippen molar-refractivity contribution in [1.82, 2.24) is 4.98 Å². The van der Waals surface area contributed by atoms with Gasteiger partial charge in [-0.05, 0) is 45.2 Å². The molecule has 20 heavy (non-hydrogen) atoms. The van der Waals surface area contributed by atoms with Gasteiger partial charge in [0.25, 0.3) is 0 Å². The molecular weight excluding hydrogens is 276 g/mol. The van der Waals surface area contributed by atoms with E-state index in [9.17, 15) is 4.79 Å². The highest BCUT2D eigenvalue weighted by Gasteiger charge is 2.28. The number of aromatic nitrogens is 1. The fourth-order valence-corrected chi connectivity index (χ4v) is 2.89. The van der Waals surface area contributed by atoms with E-state index in [-0.39, 0.29) is 11.9 Å². The summed E-state index contributed by atoms with van der Waals surface area (Å²) >= 11 is 5.86. The molecule has 2 atom stereocenters. The summed E-state index contributed by atoms with van der Waals surface area (Å²) < 4.78 is 5.12. The maximum atomic E-state index is 11.8. The predicted molar refractivity (Wildman–Crippen MR) is 80.0 cm³/mol. The third-order valence-electron chi connectivity index (χ3n) is 3.71. The number of hydrogen-bond acceptors (Lipinski definition) is 4. The molecule has 0 saturated heterocycles. The Kier molecular flexibility index (Phi) is 5.24. The second kappa shape index (κ2) is 6.93. The number of carbonyl (C=O) groups excluding carboxylic acids is 1. The highest BCUT2D eigenvalue weighted by Crippen LogP contribution is 2.28. The summed E-state index contributed by atoms with van der Waals surface area (Å²) in [5.74, 6) is -0.0493. The number of halogens is 1. The van der Waals surface area contributed by atoms with Crippen molar-refractivity contribution in [1.29, 1.82) is 0 Å². The van der Waals surface area contributed by atoms with Crippen molar-refractivity contribution in [3.8, 4) is 0 Å². The molecule has 0 radical (unpaired) electrons. The summed E-state index contributed by atoms with van der Waals surface area (Å²) in [6, 6.07) is 4.01. The molecule has 1 fully saturated rings. The smallest absolute Gasteiger partial charge is 0.308 e. The van der Waals surface area contributed by atoms with Crippen LogP contribution in [0.4, 0.5) is 5.69 Å². The monoisotopic (exact) mass is 296 g/mol. The summed E-state index contributed by atoms with van der Waals surface area (Å²) in [5.41, 5.74) is 1.87. The van der Waals surface area contributed by atoms with Crippen molar-refractivity contribution in [3.05, 3.63) is 23.0 Å². The average Bonchev–Trinajstić information content (AvgIpc) is 2.43. The van der Waals surface area contributed by atoms with Gasteiger partial charge in [-0.15, -0.1) is 0 Å². The van der Waals surface area contributed by atoms with Crippen LogP contribution in [-0.2, 0) is 9.53 Å². The lowest BCUT2D eigenvalue weighted by Crippen LogP contribution is -2.32. The Morgan fingerprint density at radius 3 is 3.00 bits per heavy atom. The third kappa shape index (κ3) is 3.85. The van der Waals surface area contributed by atoms with E-state index in [0.717, 1.165) is 37.1 Å². The number of nitrogens with zero attached hydrogens (tertiary/aromatic N) is 1. The predicted octanol–water partition coefficient (Wildman–Crippen LogP) is 3.58. The molecule has 4 nitrogen and oxygen atoms in total. The first-order chi connectivity index (χ1) is 9.60. The number of rotatable bonds is 4. The summed E-state index contributed by atoms with van der Waals surface area (Å²) in [5, 5.41) is 3.98. The van der Waals surface area contributed by atoms with Crippen molar-refractivity contribution < 1.29 is 9.53 Å². The minimum Gasteiger partial charge on any atom is -0.466 e. The molecule has 110 valence electrons. The molecule has 0 amide bonds. The lowest BCUT2D eigenvalue weighted by molar-refractivity contribution is -0.149. The Morgan fingerprint density at radius 1 is 1.50 bits per heavy atom. The fourth-order valence-electron chi connectivity index (χ4n) is 2.70. The zero-order valence-electron chi connectivity index (χ0n) is 12.0. The van der Waals surface area contributed by atoms with Crippen molar-refractivity contribution in [2.45, 2.75) is 45.6 Å². The molecule has 1 heterocycles. The minimum absolute atomic E-state index is 0.0155. The van der Waals surface area contributed by atoms with Crippen LogP contribution in [0.15, 0.2) is 12.1 Å². The van der Waals surface area contributed by atoms with E-state index in [4.69, 9.17) is 16.3 Å². The Morgan fingerprint density at radius 2 is 2.30 bits per heavy atom. The summed E-state index contributed by atoms with van der Waals surface area (Å²) in [7, 11) is 0. The number of carbonyl (C=O) groups is 1. The maximum absolute atomic E-state index is 11.8. The Labute approximate surface area is 124 Å². The molecule has 0 aromatic carbocycles. The minimum atomic E-state index is -0.0649. The van der Waals surface area contributed by atoms with Crippen molar-refractivity contribution in [3.63, 3.8) is 0 Å². The number of nitrogens with one attached hydrogen (secondary N) is 1. The van der Waals surface area contributed by atoms with Gasteiger partial charge in [0.2, 0.25) is 0 Å². The molecule has 1 aliphatic carbocycles. The lowest BCUT2D eigenvalue weighted by atomic mass is 9.85. The van der Waals surface area contributed by atoms with Crippen molar-refractivity contribution in [2.75, 3.05) is 11.9 Å². The van der Waals surface area contributed by atoms with Crippen molar-refractivity contribution >= 4 is 23.3 Å². The van der Waals surface area contributed by atoms with Crippen LogP contribution in [0.2, 0.25) is 5.15 Å². The van der Waals surface area contributed by atoms with Crippen LogP contribution < -0.4 is 5.32 Å². The zero-order chi connectivity index (χ0) is 14.5. The second-order valence-electron chi connectivity index (χ2n) is 5.22. The highest BCUT2D eigenvalue weighted by atomic mass is 35.5. The molecule has 1 N–H and O–H groups in total. The number of ether oxygens (including phenoxy) is 1. The van der Waals surface area contributed by atoms with Crippen molar-refractivity contribution in [2.24, 2.45) is 5.92 Å². The fraction of sp³-hybridized carbons (Fsp3) is 0.600. The molecule has 1 saturated carbocycles. The largest absolute Gasteiger partial charge is 0.466 e. The lowest BCUT2D eigenvalue weighted by Gasteiger charge is -2.29. The van der Waals surface area contributed by atoms with Crippen LogP contribution in [0.1, 0.15) is 38.3 Å². The summed E-state index contributed by atoms with van der Waals surface area (Å²) in [4.78, 5) is 16.1. The van der Waals surface area contributed by atoms with Crippen LogP contribution in [0.5, 0.6) is 0 Å². The SMILES string of the molecule is CCOC(=O)C1CCCC(Nc2ccc(Cl)nc2C)C1. The van der Waals surface area contributed by atoms with E-state index in [1.165, 1.54) is 0 Å². The Hall–Kier alpha value is -1.29. The highest BCUT2D eigenvalue weighted by molar-refractivity contribution is 6.29. The standard InChI is InChI=1S/C15H21ClN2O2/c1-3-20-15(19)11-5-4-6-12(9-11)18-13-7-8-14(16)17-10(13)2/h7-8,11-12,18H,3-6,9H2,1-2H3. The van der Waals surface area contributed by atoms with E-state index in [1.807, 2.05) is 19.9 Å². The van der Waals surface area contributed by atoms with Gasteiger partial charge in [-0.3, -0.25) is 4.79 Å². The first-order valence-corrected chi connectivity index (χ1v) is 7.54. The van der Waals surface area contributed by atoms with Crippen LogP contribution in [-0.4, -0.2) is 23.6 Å². The van der Waals surface area contributed by atoms with E-state index in [1.54, 1.807) is 6.07 Å². The molecule has 1 aliphatic rings. The second-order valence-corrected chi connectivity index (χ2v) is 5.61. The van der Waals surface area contributed by atoms with E-state index < -0.39 is 0 Å². The molecule has 0 spiro atoms. The Balaban J connectivity index is 1.97. The van der Waals surface area contributed by atoms with Gasteiger partial charge in [0.05, 0.1) is 23.9 Å². The number of pyridine rings is 1. The van der Waals surface area contributed by atoms with Gasteiger partial charge in [-0.1, -0.05) is 18.0 Å². The molecule has 2 unspecified atom stereocenters. The van der Waals surface area contributed by atoms with Crippen LogP contribution in [0, 0.1) is 12.8 Å². The molecule has 2 rings (SSSR count). The van der Waals surface area contributed by atoms with E-state index in [2.05, 4.69) is 10.3 Å². The van der Waals surface area contributed by atoms with Gasteiger partial charge in [0.15, 0.2) is 0 Å². The molecular formula is C15H21ClN2O2. The third-order valence-corrected chi connectivity index (χ3v) is 3.92. The topological polar surface area (TPSA) is 51.2 Å². The number of hydrogen-bond donors (Lipinski definition) is 1. The van der Waals surface area contributed by atoms with Gasteiger partial charge in [-0.2, -0.15) is 0 Å². The first-order valence-electron chi connectivity index (χ1n) is 7.16. The number of aryl methyl sites for hydroxylation is 1. The normalized spacial score (nSPS) is 22.4. The van der Waals surface area contributed by atoms with E-state index >= 15 is 0 Å². The first kappa shape index (κ1) is 15.1. The molecule has 1 aromatic heterocycles. The maximum Gasteiger partial charge on any atom is 0.308 e. The van der Waals surface area contributed by atoms with Gasteiger partial charge in [0.1, 0.15) is 5.15 Å². The zero-order valence-corrected chi connectivity index (χ0v) is 12.7. The van der Waals surface area contributed by atoms with E-state index in [0.29, 0.717) is 17.8 Å². The van der Waals surface area contributed by atoms with Gasteiger partial charge >= 0.3 is 5.97 Å². The van der Waals surface area contributed by atoms with Crippen LogP contribution in [0.3, 0.4) is 0 Å². The van der Waals surface area contributed by atoms with Gasteiger partial charge in [0, 0.05) is 6.04 Å². The van der Waals surface area contributed by atoms with Crippen LogP contribution in [0.25, 0.3) is 0 Å².